The van der Waals surface area contributed by atoms with Crippen LogP contribution < -0.4 is 15.4 Å². The maximum atomic E-state index is 12.1. The smallest absolute Gasteiger partial charge is 0.255 e. The molecule has 4 heteroatoms. The zero-order valence-electron chi connectivity index (χ0n) is 9.77. The Labute approximate surface area is 100 Å². The Bertz CT molecular complexity index is 437. The number of methoxy groups -OCH3 is 1. The number of carbonyl (C=O) groups excluding carboxylic acids is 1. The van der Waals surface area contributed by atoms with E-state index in [1.807, 2.05) is 18.2 Å². The third-order valence-electron chi connectivity index (χ3n) is 3.74. The molecular formula is C13H16N2O2. The summed E-state index contributed by atoms with van der Waals surface area (Å²) in [4.78, 5) is 12.1. The minimum absolute atomic E-state index is 0.0261. The lowest BCUT2D eigenvalue weighted by Gasteiger charge is -2.10. The Kier molecular flexibility index (Phi) is 2.52. The normalized spacial score (nSPS) is 29.6. The van der Waals surface area contributed by atoms with Crippen molar-refractivity contribution in [1.82, 2.24) is 10.6 Å². The Morgan fingerprint density at radius 2 is 2.06 bits per heavy atom. The average molecular weight is 232 g/mol. The van der Waals surface area contributed by atoms with E-state index >= 15 is 0 Å². The van der Waals surface area contributed by atoms with Gasteiger partial charge in [-0.1, -0.05) is 12.1 Å². The van der Waals surface area contributed by atoms with E-state index in [0.29, 0.717) is 29.2 Å². The van der Waals surface area contributed by atoms with Crippen LogP contribution in [0.2, 0.25) is 0 Å². The standard InChI is InChI=1S/C13H16N2O2/c1-17-11-5-3-2-4-8(11)13(16)15-12-9-6-14-7-10(9)12/h2-5,9-10,12,14H,6-7H2,1H3,(H,15,16). The van der Waals surface area contributed by atoms with E-state index in [1.54, 1.807) is 13.2 Å². The van der Waals surface area contributed by atoms with Gasteiger partial charge in [0.05, 0.1) is 12.7 Å². The van der Waals surface area contributed by atoms with Crippen LogP contribution >= 0.6 is 0 Å². The van der Waals surface area contributed by atoms with Crippen molar-refractivity contribution < 1.29 is 9.53 Å². The number of benzene rings is 1. The number of amides is 1. The average Bonchev–Trinajstić information content (AvgIpc) is 2.80. The van der Waals surface area contributed by atoms with Crippen LogP contribution in [0.4, 0.5) is 0 Å². The van der Waals surface area contributed by atoms with Crippen molar-refractivity contribution in [3.05, 3.63) is 29.8 Å². The van der Waals surface area contributed by atoms with Gasteiger partial charge in [0, 0.05) is 19.1 Å². The molecule has 3 rings (SSSR count). The molecule has 90 valence electrons. The molecule has 0 bridgehead atoms. The molecule has 1 aliphatic heterocycles. The Morgan fingerprint density at radius 1 is 1.35 bits per heavy atom. The maximum absolute atomic E-state index is 12.1. The van der Waals surface area contributed by atoms with Crippen molar-refractivity contribution in [1.29, 1.82) is 0 Å². The van der Waals surface area contributed by atoms with Gasteiger partial charge in [-0.05, 0) is 24.0 Å². The molecule has 0 radical (unpaired) electrons. The third kappa shape index (κ3) is 1.78. The van der Waals surface area contributed by atoms with Gasteiger partial charge in [-0.25, -0.2) is 0 Å². The highest BCUT2D eigenvalue weighted by Gasteiger charge is 2.53. The summed E-state index contributed by atoms with van der Waals surface area (Å²) in [6.45, 7) is 2.06. The minimum Gasteiger partial charge on any atom is -0.496 e. The number of ether oxygens (including phenoxy) is 1. The van der Waals surface area contributed by atoms with Gasteiger partial charge < -0.3 is 15.4 Å². The van der Waals surface area contributed by atoms with Crippen molar-refractivity contribution in [2.45, 2.75) is 6.04 Å². The molecule has 0 spiro atoms. The van der Waals surface area contributed by atoms with Crippen molar-refractivity contribution in [3.63, 3.8) is 0 Å². The topological polar surface area (TPSA) is 50.4 Å². The van der Waals surface area contributed by atoms with Crippen LogP contribution in [0.5, 0.6) is 5.75 Å². The molecule has 2 atom stereocenters. The predicted octanol–water partition coefficient (Wildman–Crippen LogP) is 0.643. The molecular weight excluding hydrogens is 216 g/mol. The molecule has 2 unspecified atom stereocenters. The number of piperidine rings is 1. The van der Waals surface area contributed by atoms with E-state index in [9.17, 15) is 4.79 Å². The van der Waals surface area contributed by atoms with E-state index in [4.69, 9.17) is 4.74 Å². The summed E-state index contributed by atoms with van der Waals surface area (Å²) >= 11 is 0. The lowest BCUT2D eigenvalue weighted by Crippen LogP contribution is -2.32. The molecule has 1 aromatic carbocycles. The molecule has 17 heavy (non-hydrogen) atoms. The fraction of sp³-hybridized carbons (Fsp3) is 0.462. The van der Waals surface area contributed by atoms with Gasteiger partial charge >= 0.3 is 0 Å². The predicted molar refractivity (Wildman–Crippen MR) is 64.1 cm³/mol. The highest BCUT2D eigenvalue weighted by atomic mass is 16.5. The van der Waals surface area contributed by atoms with E-state index in [-0.39, 0.29) is 5.91 Å². The van der Waals surface area contributed by atoms with E-state index in [2.05, 4.69) is 10.6 Å². The first-order chi connectivity index (χ1) is 8.31. The Morgan fingerprint density at radius 3 is 2.76 bits per heavy atom. The summed E-state index contributed by atoms with van der Waals surface area (Å²) in [7, 11) is 1.59. The zero-order valence-corrected chi connectivity index (χ0v) is 9.77. The highest BCUT2D eigenvalue weighted by Crippen LogP contribution is 2.41. The summed E-state index contributed by atoms with van der Waals surface area (Å²) < 4.78 is 5.19. The van der Waals surface area contributed by atoms with Crippen LogP contribution in [-0.2, 0) is 0 Å². The second kappa shape index (κ2) is 4.04. The highest BCUT2D eigenvalue weighted by molar-refractivity contribution is 5.97. The number of rotatable bonds is 3. The summed E-state index contributed by atoms with van der Waals surface area (Å²) in [5, 5.41) is 6.40. The molecule has 1 saturated carbocycles. The van der Waals surface area contributed by atoms with Crippen molar-refractivity contribution in [2.24, 2.45) is 11.8 Å². The quantitative estimate of drug-likeness (QED) is 0.804. The molecule has 1 aromatic rings. The van der Waals surface area contributed by atoms with Crippen LogP contribution in [-0.4, -0.2) is 32.1 Å². The molecule has 0 aromatic heterocycles. The summed E-state index contributed by atoms with van der Waals surface area (Å²) in [6.07, 6.45) is 0. The van der Waals surface area contributed by atoms with Gasteiger partial charge in [-0.15, -0.1) is 0 Å². The van der Waals surface area contributed by atoms with Crippen LogP contribution in [0.15, 0.2) is 24.3 Å². The number of hydrogen-bond donors (Lipinski definition) is 2. The van der Waals surface area contributed by atoms with Gasteiger partial charge in [0.25, 0.3) is 5.91 Å². The lowest BCUT2D eigenvalue weighted by atomic mass is 10.2. The largest absolute Gasteiger partial charge is 0.496 e. The van der Waals surface area contributed by atoms with Gasteiger partial charge in [-0.3, -0.25) is 4.79 Å². The molecule has 2 N–H and O–H groups in total. The molecule has 4 nitrogen and oxygen atoms in total. The number of fused-ring (bicyclic) bond motifs is 1. The van der Waals surface area contributed by atoms with E-state index in [0.717, 1.165) is 13.1 Å². The van der Waals surface area contributed by atoms with Gasteiger partial charge in [0.2, 0.25) is 0 Å². The van der Waals surface area contributed by atoms with Gasteiger partial charge in [0.15, 0.2) is 0 Å². The minimum atomic E-state index is -0.0261. The molecule has 1 aliphatic carbocycles. The zero-order chi connectivity index (χ0) is 11.8. The number of carbonyl (C=O) groups is 1. The summed E-state index contributed by atoms with van der Waals surface area (Å²) in [6, 6.07) is 7.68. The SMILES string of the molecule is COc1ccccc1C(=O)NC1C2CNCC21. The summed E-state index contributed by atoms with van der Waals surface area (Å²) in [5.41, 5.74) is 0.618. The van der Waals surface area contributed by atoms with Crippen molar-refractivity contribution in [3.8, 4) is 5.75 Å². The van der Waals surface area contributed by atoms with Crippen LogP contribution in [0.1, 0.15) is 10.4 Å². The third-order valence-corrected chi connectivity index (χ3v) is 3.74. The van der Waals surface area contributed by atoms with Crippen LogP contribution in [0.25, 0.3) is 0 Å². The van der Waals surface area contributed by atoms with E-state index < -0.39 is 0 Å². The number of para-hydroxylation sites is 1. The van der Waals surface area contributed by atoms with Crippen molar-refractivity contribution in [2.75, 3.05) is 20.2 Å². The van der Waals surface area contributed by atoms with Gasteiger partial charge in [-0.2, -0.15) is 0 Å². The Hall–Kier alpha value is -1.55. The first-order valence-corrected chi connectivity index (χ1v) is 5.96. The monoisotopic (exact) mass is 232 g/mol. The molecule has 1 amide bonds. The lowest BCUT2D eigenvalue weighted by molar-refractivity contribution is 0.0943. The van der Waals surface area contributed by atoms with Crippen LogP contribution in [0, 0.1) is 11.8 Å². The van der Waals surface area contributed by atoms with E-state index in [1.165, 1.54) is 0 Å². The first kappa shape index (κ1) is 10.6. The van der Waals surface area contributed by atoms with Crippen molar-refractivity contribution >= 4 is 5.91 Å². The summed E-state index contributed by atoms with van der Waals surface area (Å²) in [5.74, 6) is 1.87. The van der Waals surface area contributed by atoms with Gasteiger partial charge in [0.1, 0.15) is 5.75 Å². The molecule has 1 heterocycles. The Balaban J connectivity index is 1.70. The molecule has 2 fully saturated rings. The number of nitrogens with one attached hydrogen (secondary N) is 2. The molecule has 1 saturated heterocycles. The second-order valence-corrected chi connectivity index (χ2v) is 4.69. The maximum Gasteiger partial charge on any atom is 0.255 e. The van der Waals surface area contributed by atoms with Crippen LogP contribution in [0.3, 0.4) is 0 Å². The number of hydrogen-bond acceptors (Lipinski definition) is 3. The first-order valence-electron chi connectivity index (χ1n) is 5.96. The fourth-order valence-electron chi connectivity index (χ4n) is 2.69. The molecule has 2 aliphatic rings. The fourth-order valence-corrected chi connectivity index (χ4v) is 2.69. The second-order valence-electron chi connectivity index (χ2n) is 4.69.